The maximum atomic E-state index is 13.8. The van der Waals surface area contributed by atoms with E-state index < -0.39 is 17.5 Å². The molecule has 4 rings (SSSR count). The van der Waals surface area contributed by atoms with Crippen LogP contribution >= 0.6 is 0 Å². The third-order valence-electron chi connectivity index (χ3n) is 6.07. The molecule has 2 aromatic rings. The lowest BCUT2D eigenvalue weighted by atomic mass is 9.78. The van der Waals surface area contributed by atoms with Gasteiger partial charge in [-0.3, -0.25) is 9.59 Å². The van der Waals surface area contributed by atoms with Crippen LogP contribution < -0.4 is 5.32 Å². The van der Waals surface area contributed by atoms with Crippen molar-refractivity contribution in [3.8, 4) is 0 Å². The molecule has 2 amide bonds. The van der Waals surface area contributed by atoms with Crippen molar-refractivity contribution < 1.29 is 18.4 Å². The van der Waals surface area contributed by atoms with Crippen LogP contribution in [0.5, 0.6) is 0 Å². The van der Waals surface area contributed by atoms with Gasteiger partial charge in [-0.05, 0) is 68.0 Å². The number of anilines is 1. The smallest absolute Gasteiger partial charge is 0.258 e. The number of halogens is 2. The number of carbonyl (C=O) groups excluding carboxylic acids is 2. The van der Waals surface area contributed by atoms with E-state index in [-0.39, 0.29) is 11.5 Å². The number of fused-ring (bicyclic) bond motifs is 1. The van der Waals surface area contributed by atoms with Gasteiger partial charge in [-0.2, -0.15) is 0 Å². The second-order valence-corrected chi connectivity index (χ2v) is 7.91. The first kappa shape index (κ1) is 19.6. The van der Waals surface area contributed by atoms with E-state index in [2.05, 4.69) is 5.32 Å². The van der Waals surface area contributed by atoms with Crippen LogP contribution in [-0.2, 0) is 0 Å². The minimum atomic E-state index is -0.915. The molecular weight excluding hydrogens is 374 g/mol. The van der Waals surface area contributed by atoms with Gasteiger partial charge < -0.3 is 10.2 Å². The molecular formula is C23H24F2N2O2. The first-order valence-corrected chi connectivity index (χ1v) is 10.2. The third kappa shape index (κ3) is 4.16. The summed E-state index contributed by atoms with van der Waals surface area (Å²) in [7, 11) is 0. The molecule has 0 spiro atoms. The van der Waals surface area contributed by atoms with Crippen molar-refractivity contribution in [3.63, 3.8) is 0 Å². The first-order valence-electron chi connectivity index (χ1n) is 10.2. The Hall–Kier alpha value is -2.76. The number of nitrogens with one attached hydrogen (secondary N) is 1. The number of hydrogen-bond acceptors (Lipinski definition) is 2. The van der Waals surface area contributed by atoms with Crippen molar-refractivity contribution in [3.05, 3.63) is 65.2 Å². The van der Waals surface area contributed by atoms with E-state index in [1.807, 2.05) is 4.90 Å². The van der Waals surface area contributed by atoms with Gasteiger partial charge in [0.25, 0.3) is 11.8 Å². The van der Waals surface area contributed by atoms with Crippen molar-refractivity contribution in [2.45, 2.75) is 44.6 Å². The van der Waals surface area contributed by atoms with Crippen LogP contribution in [0.25, 0.3) is 0 Å². The molecule has 1 N–H and O–H groups in total. The highest BCUT2D eigenvalue weighted by Gasteiger charge is 2.35. The maximum Gasteiger partial charge on any atom is 0.258 e. The lowest BCUT2D eigenvalue weighted by Crippen LogP contribution is -2.49. The number of likely N-dealkylation sites (tertiary alicyclic amines) is 1. The fraction of sp³-hybridized carbons (Fsp3) is 0.391. The Morgan fingerprint density at radius 2 is 1.66 bits per heavy atom. The number of benzene rings is 2. The van der Waals surface area contributed by atoms with E-state index in [1.165, 1.54) is 25.7 Å². The molecule has 29 heavy (non-hydrogen) atoms. The van der Waals surface area contributed by atoms with Crippen molar-refractivity contribution in [1.82, 2.24) is 4.90 Å². The van der Waals surface area contributed by atoms with Crippen molar-refractivity contribution in [1.29, 1.82) is 0 Å². The summed E-state index contributed by atoms with van der Waals surface area (Å²) in [5.74, 6) is -1.67. The van der Waals surface area contributed by atoms with Gasteiger partial charge in [-0.15, -0.1) is 0 Å². The van der Waals surface area contributed by atoms with E-state index in [1.54, 1.807) is 24.3 Å². The molecule has 2 aliphatic rings. The molecule has 6 heteroatoms. The summed E-state index contributed by atoms with van der Waals surface area (Å²) >= 11 is 0. The van der Waals surface area contributed by atoms with Gasteiger partial charge in [0.2, 0.25) is 0 Å². The fourth-order valence-corrected chi connectivity index (χ4v) is 4.61. The predicted molar refractivity (Wildman–Crippen MR) is 107 cm³/mol. The van der Waals surface area contributed by atoms with Crippen molar-refractivity contribution >= 4 is 17.5 Å². The van der Waals surface area contributed by atoms with Crippen LogP contribution in [0.1, 0.15) is 59.2 Å². The molecule has 1 heterocycles. The minimum absolute atomic E-state index is 0.0315. The molecule has 1 saturated heterocycles. The zero-order chi connectivity index (χ0) is 20.4. The number of carbonyl (C=O) groups is 2. The molecule has 1 saturated carbocycles. The lowest BCUT2D eigenvalue weighted by Gasteiger charge is -2.44. The predicted octanol–water partition coefficient (Wildman–Crippen LogP) is 5.01. The summed E-state index contributed by atoms with van der Waals surface area (Å²) in [5, 5.41) is 2.58. The second-order valence-electron chi connectivity index (χ2n) is 7.91. The van der Waals surface area contributed by atoms with E-state index in [0.29, 0.717) is 29.3 Å². The fourth-order valence-electron chi connectivity index (χ4n) is 4.61. The molecule has 2 atom stereocenters. The van der Waals surface area contributed by atoms with Gasteiger partial charge in [-0.25, -0.2) is 8.78 Å². The summed E-state index contributed by atoms with van der Waals surface area (Å²) in [5.41, 5.74) is 0.801. The van der Waals surface area contributed by atoms with Crippen molar-refractivity contribution in [2.75, 3.05) is 11.9 Å². The van der Waals surface area contributed by atoms with Crippen LogP contribution in [0.4, 0.5) is 14.5 Å². The van der Waals surface area contributed by atoms with Crippen LogP contribution in [-0.4, -0.2) is 29.3 Å². The highest BCUT2D eigenvalue weighted by molar-refractivity contribution is 6.04. The van der Waals surface area contributed by atoms with Gasteiger partial charge in [0, 0.05) is 29.9 Å². The Morgan fingerprint density at radius 3 is 2.41 bits per heavy atom. The van der Waals surface area contributed by atoms with Gasteiger partial charge in [0.15, 0.2) is 0 Å². The monoisotopic (exact) mass is 398 g/mol. The average Bonchev–Trinajstić information content (AvgIpc) is 2.73. The zero-order valence-corrected chi connectivity index (χ0v) is 16.2. The number of hydrogen-bond donors (Lipinski definition) is 1. The average molecular weight is 398 g/mol. The zero-order valence-electron chi connectivity index (χ0n) is 16.2. The third-order valence-corrected chi connectivity index (χ3v) is 6.07. The molecule has 4 nitrogen and oxygen atoms in total. The van der Waals surface area contributed by atoms with Crippen LogP contribution in [0.3, 0.4) is 0 Å². The van der Waals surface area contributed by atoms with E-state index in [4.69, 9.17) is 0 Å². The molecule has 0 unspecified atom stereocenters. The molecule has 152 valence electrons. The summed E-state index contributed by atoms with van der Waals surface area (Å²) in [6.07, 6.45) is 6.97. The SMILES string of the molecule is O=C(Nc1ccc(C(=O)N2CCC[C@@H]3CCCC[C@@H]32)cc1)c1ccc(F)cc1F. The summed E-state index contributed by atoms with van der Waals surface area (Å²) < 4.78 is 26.8. The van der Waals surface area contributed by atoms with E-state index in [0.717, 1.165) is 31.5 Å². The largest absolute Gasteiger partial charge is 0.335 e. The normalized spacial score (nSPS) is 21.4. The number of nitrogens with zero attached hydrogens (tertiary/aromatic N) is 1. The molecule has 1 aliphatic carbocycles. The molecule has 1 aliphatic heterocycles. The minimum Gasteiger partial charge on any atom is -0.335 e. The molecule has 2 aromatic carbocycles. The van der Waals surface area contributed by atoms with Gasteiger partial charge in [0.05, 0.1) is 5.56 Å². The van der Waals surface area contributed by atoms with Gasteiger partial charge in [0.1, 0.15) is 11.6 Å². The Bertz CT molecular complexity index is 912. The molecule has 0 aromatic heterocycles. The standard InChI is InChI=1S/C23H24F2N2O2/c24-17-9-12-19(20(25)14-17)22(28)26-18-10-7-16(8-11-18)23(29)27-13-3-5-15-4-1-2-6-21(15)27/h7-12,14-15,21H,1-6,13H2,(H,26,28)/t15-,21-/m0/s1. The first-order chi connectivity index (χ1) is 14.0. The Balaban J connectivity index is 1.44. The second kappa shape index (κ2) is 8.31. The van der Waals surface area contributed by atoms with E-state index >= 15 is 0 Å². The molecule has 0 bridgehead atoms. The van der Waals surface area contributed by atoms with Crippen LogP contribution in [0.15, 0.2) is 42.5 Å². The number of rotatable bonds is 3. The summed E-state index contributed by atoms with van der Waals surface area (Å²) in [4.78, 5) is 27.3. The van der Waals surface area contributed by atoms with Crippen LogP contribution in [0.2, 0.25) is 0 Å². The van der Waals surface area contributed by atoms with Gasteiger partial charge >= 0.3 is 0 Å². The number of amides is 2. The highest BCUT2D eigenvalue weighted by Crippen LogP contribution is 2.36. The van der Waals surface area contributed by atoms with E-state index in [9.17, 15) is 18.4 Å². The lowest BCUT2D eigenvalue weighted by molar-refractivity contribution is 0.0390. The maximum absolute atomic E-state index is 13.8. The van der Waals surface area contributed by atoms with Crippen LogP contribution in [0, 0.1) is 17.6 Å². The highest BCUT2D eigenvalue weighted by atomic mass is 19.1. The summed E-state index contributed by atoms with van der Waals surface area (Å²) in [6.45, 7) is 0.794. The van der Waals surface area contributed by atoms with Gasteiger partial charge in [-0.1, -0.05) is 12.8 Å². The van der Waals surface area contributed by atoms with Crippen molar-refractivity contribution in [2.24, 2.45) is 5.92 Å². The molecule has 2 fully saturated rings. The Labute approximate surface area is 168 Å². The summed E-state index contributed by atoms with van der Waals surface area (Å²) in [6, 6.07) is 9.80. The molecule has 0 radical (unpaired) electrons. The Morgan fingerprint density at radius 1 is 0.931 bits per heavy atom. The Kier molecular flexibility index (Phi) is 5.60. The topological polar surface area (TPSA) is 49.4 Å². The number of piperidine rings is 1. The quantitative estimate of drug-likeness (QED) is 0.790.